The fraction of sp³-hybridized carbons (Fsp3) is 0.0556. The van der Waals surface area contributed by atoms with Gasteiger partial charge in [0.05, 0.1) is 0 Å². The Balaban J connectivity index is 1.45. The average Bonchev–Trinajstić information content (AvgIpc) is 3.02. The third-order valence-electron chi connectivity index (χ3n) is 7.14. The molecule has 2 aromatic heterocycles. The highest BCUT2D eigenvalue weighted by molar-refractivity contribution is 5.89. The first-order valence-electron chi connectivity index (χ1n) is 12.9. The Kier molecular flexibility index (Phi) is 6.61. The normalized spacial score (nSPS) is 14.9. The maximum Gasteiger partial charge on any atom is 0.0346 e. The van der Waals surface area contributed by atoms with Crippen molar-refractivity contribution in [1.82, 2.24) is 9.97 Å². The summed E-state index contributed by atoms with van der Waals surface area (Å²) in [5, 5.41) is 0. The van der Waals surface area contributed by atoms with Gasteiger partial charge in [-0.15, -0.1) is 0 Å². The monoisotopic (exact) mass is 488 g/mol. The summed E-state index contributed by atoms with van der Waals surface area (Å²) in [6.45, 7) is 3.98. The first-order chi connectivity index (χ1) is 18.8. The van der Waals surface area contributed by atoms with Crippen LogP contribution in [-0.2, 0) is 0 Å². The minimum atomic E-state index is 0.258. The molecule has 2 heteroatoms. The molecule has 0 amide bonds. The SMILES string of the molecule is C=Cc1cccc(C2C=C(c3cccc(-c4cccnc4)c3)C=C(c3cccc(-c4cccnc4)c3)C2)c1. The van der Waals surface area contributed by atoms with E-state index in [2.05, 4.69) is 114 Å². The van der Waals surface area contributed by atoms with E-state index in [0.29, 0.717) is 0 Å². The number of benzene rings is 3. The summed E-state index contributed by atoms with van der Waals surface area (Å²) in [4.78, 5) is 8.64. The number of pyridine rings is 2. The third kappa shape index (κ3) is 5.02. The molecule has 0 radical (unpaired) electrons. The molecule has 1 aliphatic carbocycles. The minimum Gasteiger partial charge on any atom is -0.264 e. The highest BCUT2D eigenvalue weighted by Gasteiger charge is 2.20. The zero-order chi connectivity index (χ0) is 25.7. The summed E-state index contributed by atoms with van der Waals surface area (Å²) >= 11 is 0. The lowest BCUT2D eigenvalue weighted by Crippen LogP contribution is -2.04. The second-order valence-corrected chi connectivity index (χ2v) is 9.62. The van der Waals surface area contributed by atoms with E-state index in [-0.39, 0.29) is 5.92 Å². The molecular weight excluding hydrogens is 460 g/mol. The van der Waals surface area contributed by atoms with E-state index in [1.54, 1.807) is 0 Å². The van der Waals surface area contributed by atoms with Crippen LogP contribution in [0.4, 0.5) is 0 Å². The molecule has 2 nitrogen and oxygen atoms in total. The highest BCUT2D eigenvalue weighted by Crippen LogP contribution is 2.40. The highest BCUT2D eigenvalue weighted by atomic mass is 14.6. The minimum absolute atomic E-state index is 0.258. The molecule has 6 rings (SSSR count). The topological polar surface area (TPSA) is 25.8 Å². The van der Waals surface area contributed by atoms with Crippen LogP contribution in [0.25, 0.3) is 39.5 Å². The largest absolute Gasteiger partial charge is 0.264 e. The first kappa shape index (κ1) is 23.6. The molecule has 3 aromatic carbocycles. The molecular formula is C36H28N2. The summed E-state index contributed by atoms with van der Waals surface area (Å²) in [5.41, 5.74) is 12.0. The van der Waals surface area contributed by atoms with Gasteiger partial charge in [-0.1, -0.05) is 97.6 Å². The Morgan fingerprint density at radius 2 is 1.24 bits per heavy atom. The molecule has 0 spiro atoms. The van der Waals surface area contributed by atoms with E-state index >= 15 is 0 Å². The molecule has 38 heavy (non-hydrogen) atoms. The van der Waals surface area contributed by atoms with Gasteiger partial charge in [0, 0.05) is 41.8 Å². The Hall–Kier alpha value is -4.82. The zero-order valence-corrected chi connectivity index (χ0v) is 21.2. The van der Waals surface area contributed by atoms with Gasteiger partial charge in [0.25, 0.3) is 0 Å². The van der Waals surface area contributed by atoms with Crippen LogP contribution in [0.1, 0.15) is 34.6 Å². The standard InChI is InChI=1S/C36H28N2/c1-2-26-8-3-9-27(18-26)34-21-35(30-12-4-10-28(19-30)32-14-6-16-37-24-32)23-36(22-34)31-13-5-11-29(20-31)33-15-7-17-38-25-33/h2-21,23-25,34H,1,22H2. The van der Waals surface area contributed by atoms with Gasteiger partial charge in [-0.3, -0.25) is 9.97 Å². The van der Waals surface area contributed by atoms with Crippen molar-refractivity contribution in [3.05, 3.63) is 163 Å². The zero-order valence-electron chi connectivity index (χ0n) is 21.2. The van der Waals surface area contributed by atoms with E-state index in [4.69, 9.17) is 0 Å². The second kappa shape index (κ2) is 10.7. The fourth-order valence-electron chi connectivity index (χ4n) is 5.16. The number of hydrogen-bond donors (Lipinski definition) is 0. The molecule has 0 saturated heterocycles. The van der Waals surface area contributed by atoms with Gasteiger partial charge >= 0.3 is 0 Å². The number of aromatic nitrogens is 2. The van der Waals surface area contributed by atoms with Crippen LogP contribution in [-0.4, -0.2) is 9.97 Å². The van der Waals surface area contributed by atoms with Crippen molar-refractivity contribution in [2.24, 2.45) is 0 Å². The predicted octanol–water partition coefficient (Wildman–Crippen LogP) is 9.11. The number of hydrogen-bond acceptors (Lipinski definition) is 2. The summed E-state index contributed by atoms with van der Waals surface area (Å²) in [6, 6.07) is 34.5. The third-order valence-corrected chi connectivity index (χ3v) is 7.14. The molecule has 5 aromatic rings. The second-order valence-electron chi connectivity index (χ2n) is 9.62. The van der Waals surface area contributed by atoms with Gasteiger partial charge in [0.1, 0.15) is 0 Å². The molecule has 0 fully saturated rings. The van der Waals surface area contributed by atoms with Gasteiger partial charge in [-0.05, 0) is 75.2 Å². The van der Waals surface area contributed by atoms with Crippen molar-refractivity contribution >= 4 is 17.2 Å². The van der Waals surface area contributed by atoms with E-state index in [9.17, 15) is 0 Å². The van der Waals surface area contributed by atoms with Crippen molar-refractivity contribution < 1.29 is 0 Å². The van der Waals surface area contributed by atoms with E-state index in [0.717, 1.165) is 23.1 Å². The molecule has 0 bridgehead atoms. The number of allylic oxidation sites excluding steroid dienone is 4. The number of rotatable bonds is 6. The molecule has 1 atom stereocenters. The van der Waals surface area contributed by atoms with E-state index in [1.807, 2.05) is 43.0 Å². The van der Waals surface area contributed by atoms with Crippen molar-refractivity contribution in [2.75, 3.05) is 0 Å². The van der Waals surface area contributed by atoms with Gasteiger partial charge < -0.3 is 0 Å². The lowest BCUT2D eigenvalue weighted by atomic mass is 9.80. The Morgan fingerprint density at radius 1 is 0.632 bits per heavy atom. The predicted molar refractivity (Wildman–Crippen MR) is 159 cm³/mol. The Labute approximate surface area is 224 Å². The summed E-state index contributed by atoms with van der Waals surface area (Å²) < 4.78 is 0. The molecule has 0 aliphatic heterocycles. The molecule has 182 valence electrons. The van der Waals surface area contributed by atoms with Crippen LogP contribution in [0.15, 0.2) is 141 Å². The van der Waals surface area contributed by atoms with Crippen molar-refractivity contribution in [1.29, 1.82) is 0 Å². The number of nitrogens with zero attached hydrogens (tertiary/aromatic N) is 2. The quantitative estimate of drug-likeness (QED) is 0.238. The summed E-state index contributed by atoms with van der Waals surface area (Å²) in [6.07, 6.45) is 15.1. The van der Waals surface area contributed by atoms with Crippen molar-refractivity contribution in [2.45, 2.75) is 12.3 Å². The van der Waals surface area contributed by atoms with Gasteiger partial charge in [-0.2, -0.15) is 0 Å². The summed E-state index contributed by atoms with van der Waals surface area (Å²) in [7, 11) is 0. The maximum atomic E-state index is 4.32. The van der Waals surface area contributed by atoms with Gasteiger partial charge in [0.2, 0.25) is 0 Å². The van der Waals surface area contributed by atoms with Crippen LogP contribution >= 0.6 is 0 Å². The molecule has 1 unspecified atom stereocenters. The molecule has 0 saturated carbocycles. The average molecular weight is 489 g/mol. The van der Waals surface area contributed by atoms with Crippen LogP contribution in [0, 0.1) is 0 Å². The van der Waals surface area contributed by atoms with E-state index in [1.165, 1.54) is 39.0 Å². The maximum absolute atomic E-state index is 4.32. The van der Waals surface area contributed by atoms with Crippen LogP contribution < -0.4 is 0 Å². The Bertz CT molecular complexity index is 1650. The molecule has 2 heterocycles. The molecule has 0 N–H and O–H groups in total. The van der Waals surface area contributed by atoms with Crippen molar-refractivity contribution in [3.63, 3.8) is 0 Å². The van der Waals surface area contributed by atoms with E-state index < -0.39 is 0 Å². The van der Waals surface area contributed by atoms with Crippen LogP contribution in [0.3, 0.4) is 0 Å². The lowest BCUT2D eigenvalue weighted by molar-refractivity contribution is 0.870. The Morgan fingerprint density at radius 3 is 1.89 bits per heavy atom. The smallest absolute Gasteiger partial charge is 0.0346 e. The lowest BCUT2D eigenvalue weighted by Gasteiger charge is -2.24. The van der Waals surface area contributed by atoms with Crippen molar-refractivity contribution in [3.8, 4) is 22.3 Å². The van der Waals surface area contributed by atoms with Crippen LogP contribution in [0.2, 0.25) is 0 Å². The van der Waals surface area contributed by atoms with Gasteiger partial charge in [0.15, 0.2) is 0 Å². The van der Waals surface area contributed by atoms with Crippen LogP contribution in [0.5, 0.6) is 0 Å². The summed E-state index contributed by atoms with van der Waals surface area (Å²) in [5.74, 6) is 0.258. The van der Waals surface area contributed by atoms with Gasteiger partial charge in [-0.25, -0.2) is 0 Å². The fourth-order valence-corrected chi connectivity index (χ4v) is 5.16. The first-order valence-corrected chi connectivity index (χ1v) is 12.9. The molecule has 1 aliphatic rings.